The van der Waals surface area contributed by atoms with Crippen molar-refractivity contribution < 1.29 is 16.0 Å². The summed E-state index contributed by atoms with van der Waals surface area (Å²) >= 11 is 4.45. The summed E-state index contributed by atoms with van der Waals surface area (Å²) in [6, 6.07) is 31.9. The summed E-state index contributed by atoms with van der Waals surface area (Å²) in [5, 5.41) is 0. The van der Waals surface area contributed by atoms with Crippen LogP contribution in [0.3, 0.4) is 0 Å². The fourth-order valence-electron chi connectivity index (χ4n) is 3.27. The van der Waals surface area contributed by atoms with E-state index in [-0.39, 0.29) is 0 Å². The molecule has 0 amide bonds. The molecule has 0 aromatic heterocycles. The predicted molar refractivity (Wildman–Crippen MR) is 97.7 cm³/mol. The molecule has 1 heteroatoms. The molecule has 0 fully saturated rings. The summed E-state index contributed by atoms with van der Waals surface area (Å²) in [7, 11) is 0. The normalized spacial score (nSPS) is 14.4. The quantitative estimate of drug-likeness (QED) is 0.512. The van der Waals surface area contributed by atoms with Gasteiger partial charge in [-0.15, -0.1) is 0 Å². The Bertz CT molecular complexity index is 904. The molecule has 1 aliphatic rings. The van der Waals surface area contributed by atoms with Crippen molar-refractivity contribution in [2.45, 2.75) is 6.42 Å². The Hall–Kier alpha value is -2.34. The maximum absolute atomic E-state index is 4.45. The minimum atomic E-state index is 0.928. The molecule has 0 saturated heterocycles. The number of rotatable bonds is 3. The van der Waals surface area contributed by atoms with E-state index in [1.54, 1.807) is 0 Å². The summed E-state index contributed by atoms with van der Waals surface area (Å²) in [6.45, 7) is 0. The van der Waals surface area contributed by atoms with Crippen LogP contribution >= 0.6 is 0 Å². The molecule has 4 rings (SSSR count). The molecule has 0 atom stereocenters. The van der Waals surface area contributed by atoms with E-state index in [0.717, 1.165) is 10.9 Å². The van der Waals surface area contributed by atoms with Gasteiger partial charge < -0.3 is 0 Å². The van der Waals surface area contributed by atoms with Gasteiger partial charge in [-0.25, -0.2) is 0 Å². The van der Waals surface area contributed by atoms with Crippen LogP contribution in [-0.4, -0.2) is 0 Å². The zero-order valence-corrected chi connectivity index (χ0v) is 14.3. The Kier molecular flexibility index (Phi) is 4.21. The van der Waals surface area contributed by atoms with E-state index in [0.29, 0.717) is 0 Å². The van der Waals surface area contributed by atoms with E-state index in [9.17, 15) is 0 Å². The van der Waals surface area contributed by atoms with Gasteiger partial charge in [-0.05, 0) is 0 Å². The molecule has 0 N–H and O–H groups in total. The van der Waals surface area contributed by atoms with Gasteiger partial charge >= 0.3 is 151 Å². The van der Waals surface area contributed by atoms with Crippen molar-refractivity contribution in [2.24, 2.45) is 0 Å². The van der Waals surface area contributed by atoms with E-state index in [1.807, 2.05) is 0 Å². The first-order valence-electron chi connectivity index (χ1n) is 8.12. The van der Waals surface area contributed by atoms with E-state index in [1.165, 1.54) is 33.4 Å². The topological polar surface area (TPSA) is 0 Å². The monoisotopic (exact) mass is 349 g/mol. The minimum absolute atomic E-state index is 0.928. The molecule has 24 heavy (non-hydrogen) atoms. The average molecular weight is 349 g/mol. The van der Waals surface area contributed by atoms with Gasteiger partial charge in [0.25, 0.3) is 0 Å². The Morgan fingerprint density at radius 3 is 1.42 bits per heavy atom. The Morgan fingerprint density at radius 2 is 0.917 bits per heavy atom. The molecule has 0 heterocycles. The SMILES string of the molecule is [Fe][C]1=C(c2ccccc2)CC(c2ccccc2)=C1c1ccccc1. The van der Waals surface area contributed by atoms with Crippen molar-refractivity contribution in [1.82, 2.24) is 0 Å². The molecule has 117 valence electrons. The number of hydrogen-bond acceptors (Lipinski definition) is 0. The second-order valence-corrected chi connectivity index (χ2v) is 6.46. The van der Waals surface area contributed by atoms with E-state index in [4.69, 9.17) is 0 Å². The van der Waals surface area contributed by atoms with Crippen LogP contribution in [0, 0.1) is 0 Å². The molecule has 0 bridgehead atoms. The summed E-state index contributed by atoms with van der Waals surface area (Å²) in [5.41, 5.74) is 7.76. The standard InChI is InChI=1S/C23H17.Fe/c1-4-10-18(11-5-1)21-16-22(19-12-6-2-7-13-19)23(17-21)20-14-8-3-9-15-20;/h1-15H,16H2;. The van der Waals surface area contributed by atoms with Crippen molar-refractivity contribution in [1.29, 1.82) is 0 Å². The van der Waals surface area contributed by atoms with E-state index in [2.05, 4.69) is 107 Å². The predicted octanol–water partition coefficient (Wildman–Crippen LogP) is 5.96. The molecule has 0 aliphatic heterocycles. The van der Waals surface area contributed by atoms with Crippen LogP contribution in [0.4, 0.5) is 0 Å². The van der Waals surface area contributed by atoms with Crippen LogP contribution in [0.1, 0.15) is 23.1 Å². The Labute approximate surface area is 151 Å². The molecule has 0 nitrogen and oxygen atoms in total. The van der Waals surface area contributed by atoms with Crippen LogP contribution in [0.25, 0.3) is 16.7 Å². The van der Waals surface area contributed by atoms with E-state index >= 15 is 0 Å². The van der Waals surface area contributed by atoms with Crippen molar-refractivity contribution in [2.75, 3.05) is 0 Å². The Balaban J connectivity index is 1.89. The van der Waals surface area contributed by atoms with Crippen LogP contribution in [0.5, 0.6) is 0 Å². The van der Waals surface area contributed by atoms with Gasteiger partial charge in [-0.1, -0.05) is 0 Å². The first kappa shape index (κ1) is 15.2. The molecule has 3 aromatic carbocycles. The van der Waals surface area contributed by atoms with Crippen LogP contribution in [0.2, 0.25) is 0 Å². The van der Waals surface area contributed by atoms with Crippen molar-refractivity contribution >= 4 is 16.7 Å². The molecule has 1 aliphatic carbocycles. The van der Waals surface area contributed by atoms with Crippen LogP contribution in [0.15, 0.2) is 95.5 Å². The molecule has 0 unspecified atom stereocenters. The van der Waals surface area contributed by atoms with Crippen molar-refractivity contribution in [3.05, 3.63) is 112 Å². The average Bonchev–Trinajstić information content (AvgIpc) is 3.01. The third kappa shape index (κ3) is 2.78. The second-order valence-electron chi connectivity index (χ2n) is 5.91. The molecule has 0 radical (unpaired) electrons. The number of hydrogen-bond donors (Lipinski definition) is 0. The fourth-order valence-corrected chi connectivity index (χ4v) is 3.86. The van der Waals surface area contributed by atoms with E-state index < -0.39 is 0 Å². The summed E-state index contributed by atoms with van der Waals surface area (Å²) in [4.78, 5) is 0. The number of allylic oxidation sites excluding steroid dienone is 4. The first-order valence-corrected chi connectivity index (χ1v) is 8.67. The molecular formula is C23H17Fe. The molecule has 0 saturated carbocycles. The van der Waals surface area contributed by atoms with Gasteiger partial charge in [0.15, 0.2) is 0 Å². The first-order chi connectivity index (χ1) is 11.8. The summed E-state index contributed by atoms with van der Waals surface area (Å²) in [5.74, 6) is 0. The van der Waals surface area contributed by atoms with Gasteiger partial charge in [0.2, 0.25) is 0 Å². The Morgan fingerprint density at radius 1 is 0.500 bits per heavy atom. The second kappa shape index (κ2) is 6.65. The third-order valence-electron chi connectivity index (χ3n) is 4.43. The third-order valence-corrected chi connectivity index (χ3v) is 5.04. The molecular weight excluding hydrogens is 332 g/mol. The summed E-state index contributed by atoms with van der Waals surface area (Å²) in [6.07, 6.45) is 0.928. The van der Waals surface area contributed by atoms with Gasteiger partial charge in [0.05, 0.1) is 0 Å². The van der Waals surface area contributed by atoms with Crippen LogP contribution < -0.4 is 0 Å². The zero-order valence-electron chi connectivity index (χ0n) is 13.2. The van der Waals surface area contributed by atoms with Crippen molar-refractivity contribution in [3.63, 3.8) is 0 Å². The fraction of sp³-hybridized carbons (Fsp3) is 0.0435. The van der Waals surface area contributed by atoms with Gasteiger partial charge in [-0.3, -0.25) is 0 Å². The van der Waals surface area contributed by atoms with Gasteiger partial charge in [-0.2, -0.15) is 0 Å². The van der Waals surface area contributed by atoms with Gasteiger partial charge in [0.1, 0.15) is 0 Å². The van der Waals surface area contributed by atoms with Gasteiger partial charge in [0, 0.05) is 0 Å². The summed E-state index contributed by atoms with van der Waals surface area (Å²) < 4.78 is 1.14. The maximum atomic E-state index is 4.45. The molecule has 0 spiro atoms. The zero-order chi connectivity index (χ0) is 16.4. The number of benzene rings is 3. The van der Waals surface area contributed by atoms with Crippen LogP contribution in [-0.2, 0) is 16.0 Å². The molecule has 3 aromatic rings. The van der Waals surface area contributed by atoms with Crippen molar-refractivity contribution in [3.8, 4) is 0 Å².